The highest BCUT2D eigenvalue weighted by Crippen LogP contribution is 2.28. The zero-order chi connectivity index (χ0) is 27.2. The number of carbonyl (C=O) groups excluding carboxylic acids is 2. The lowest BCUT2D eigenvalue weighted by Crippen LogP contribution is -2.52. The summed E-state index contributed by atoms with van der Waals surface area (Å²) in [4.78, 5) is 38.4. The van der Waals surface area contributed by atoms with Crippen molar-refractivity contribution in [3.8, 4) is 0 Å². The minimum absolute atomic E-state index is 0.0169. The fraction of sp³-hybridized carbons (Fsp3) is 0.417. The number of hydrogen-bond acceptors (Lipinski definition) is 6. The van der Waals surface area contributed by atoms with Crippen molar-refractivity contribution in [2.45, 2.75) is 52.7 Å². The molecule has 0 heterocycles. The molecular formula is C24H31ClN4O6S. The predicted octanol–water partition coefficient (Wildman–Crippen LogP) is 3.65. The van der Waals surface area contributed by atoms with Gasteiger partial charge in [0.1, 0.15) is 12.6 Å². The van der Waals surface area contributed by atoms with E-state index in [2.05, 4.69) is 5.32 Å². The topological polar surface area (TPSA) is 130 Å². The van der Waals surface area contributed by atoms with E-state index < -0.39 is 33.4 Å². The average Bonchev–Trinajstić information content (AvgIpc) is 2.81. The quantitative estimate of drug-likeness (QED) is 0.343. The highest BCUT2D eigenvalue weighted by Gasteiger charge is 2.31. The summed E-state index contributed by atoms with van der Waals surface area (Å²) in [6.45, 7) is 6.29. The zero-order valence-corrected chi connectivity index (χ0v) is 22.5. The summed E-state index contributed by atoms with van der Waals surface area (Å²) < 4.78 is 26.2. The number of aryl methyl sites for hydroxylation is 1. The lowest BCUT2D eigenvalue weighted by molar-refractivity contribution is -0.384. The maximum absolute atomic E-state index is 13.6. The highest BCUT2D eigenvalue weighted by atomic mass is 35.5. The fourth-order valence-electron chi connectivity index (χ4n) is 3.41. The molecule has 0 saturated carbocycles. The molecule has 2 atom stereocenters. The number of carbonyl (C=O) groups is 2. The van der Waals surface area contributed by atoms with Crippen LogP contribution < -0.4 is 9.62 Å². The molecule has 0 fully saturated rings. The molecule has 0 spiro atoms. The summed E-state index contributed by atoms with van der Waals surface area (Å²) in [7, 11) is -4.01. The molecule has 0 radical (unpaired) electrons. The van der Waals surface area contributed by atoms with Crippen molar-refractivity contribution < 1.29 is 22.9 Å². The first-order valence-corrected chi connectivity index (χ1v) is 13.5. The Hall–Kier alpha value is -3.18. The zero-order valence-electron chi connectivity index (χ0n) is 20.9. The van der Waals surface area contributed by atoms with Crippen molar-refractivity contribution in [2.24, 2.45) is 0 Å². The number of halogens is 1. The van der Waals surface area contributed by atoms with Gasteiger partial charge >= 0.3 is 0 Å². The van der Waals surface area contributed by atoms with Crippen molar-refractivity contribution in [3.63, 3.8) is 0 Å². The third kappa shape index (κ3) is 7.66. The van der Waals surface area contributed by atoms with Gasteiger partial charge in [0.15, 0.2) is 0 Å². The molecule has 0 aliphatic rings. The third-order valence-corrected chi connectivity index (χ3v) is 7.16. The molecule has 196 valence electrons. The minimum Gasteiger partial charge on any atom is -0.352 e. The smallest absolute Gasteiger partial charge is 0.271 e. The second-order valence-corrected chi connectivity index (χ2v) is 11.0. The number of benzene rings is 2. The number of nitrogens with zero attached hydrogens (tertiary/aromatic N) is 3. The summed E-state index contributed by atoms with van der Waals surface area (Å²) in [6.07, 6.45) is 1.61. The van der Waals surface area contributed by atoms with Gasteiger partial charge in [-0.15, -0.1) is 0 Å². The van der Waals surface area contributed by atoms with Crippen LogP contribution in [-0.4, -0.2) is 54.9 Å². The number of sulfonamides is 1. The van der Waals surface area contributed by atoms with Crippen LogP contribution in [-0.2, 0) is 26.2 Å². The second-order valence-electron chi connectivity index (χ2n) is 8.64. The molecule has 0 aromatic heterocycles. The molecule has 10 nitrogen and oxygen atoms in total. The van der Waals surface area contributed by atoms with Gasteiger partial charge < -0.3 is 10.2 Å². The molecular weight excluding hydrogens is 508 g/mol. The van der Waals surface area contributed by atoms with Crippen LogP contribution in [0.25, 0.3) is 0 Å². The molecule has 1 N–H and O–H groups in total. The van der Waals surface area contributed by atoms with E-state index in [0.717, 1.165) is 16.6 Å². The van der Waals surface area contributed by atoms with E-state index in [-0.39, 0.29) is 29.9 Å². The first-order chi connectivity index (χ1) is 16.7. The third-order valence-electron chi connectivity index (χ3n) is 5.79. The monoisotopic (exact) mass is 538 g/mol. The molecule has 0 bridgehead atoms. The summed E-state index contributed by atoms with van der Waals surface area (Å²) in [5.74, 6) is -1.03. The Balaban J connectivity index is 2.47. The summed E-state index contributed by atoms with van der Waals surface area (Å²) in [6, 6.07) is 9.48. The molecule has 36 heavy (non-hydrogen) atoms. The van der Waals surface area contributed by atoms with Crippen LogP contribution in [0.15, 0.2) is 42.5 Å². The van der Waals surface area contributed by atoms with Gasteiger partial charge in [0.25, 0.3) is 5.69 Å². The van der Waals surface area contributed by atoms with Crippen molar-refractivity contribution >= 4 is 44.8 Å². The number of non-ortho nitro benzene ring substituents is 1. The fourth-order valence-corrected chi connectivity index (χ4v) is 4.43. The van der Waals surface area contributed by atoms with Gasteiger partial charge in [-0.3, -0.25) is 24.0 Å². The Labute approximate surface area is 216 Å². The number of nitrogens with one attached hydrogen (secondary N) is 1. The van der Waals surface area contributed by atoms with Gasteiger partial charge in [0.2, 0.25) is 21.8 Å². The molecule has 2 amide bonds. The first-order valence-electron chi connectivity index (χ1n) is 11.3. The maximum Gasteiger partial charge on any atom is 0.271 e. The van der Waals surface area contributed by atoms with E-state index in [4.69, 9.17) is 11.6 Å². The van der Waals surface area contributed by atoms with Crippen LogP contribution in [0.2, 0.25) is 5.02 Å². The van der Waals surface area contributed by atoms with E-state index in [1.165, 1.54) is 17.0 Å². The Morgan fingerprint density at radius 3 is 2.28 bits per heavy atom. The second kappa shape index (κ2) is 12.2. The predicted molar refractivity (Wildman–Crippen MR) is 139 cm³/mol. The van der Waals surface area contributed by atoms with Gasteiger partial charge in [-0.25, -0.2) is 8.42 Å². The molecule has 2 aromatic carbocycles. The van der Waals surface area contributed by atoms with Crippen molar-refractivity contribution in [3.05, 3.63) is 68.7 Å². The number of nitro groups is 1. The first kappa shape index (κ1) is 29.1. The van der Waals surface area contributed by atoms with E-state index in [1.54, 1.807) is 38.1 Å². The largest absolute Gasteiger partial charge is 0.352 e. The molecule has 12 heteroatoms. The number of amides is 2. The van der Waals surface area contributed by atoms with Gasteiger partial charge in [-0.1, -0.05) is 36.7 Å². The number of anilines is 1. The number of nitro benzene ring substituents is 1. The van der Waals surface area contributed by atoms with E-state index in [1.807, 2.05) is 13.8 Å². The summed E-state index contributed by atoms with van der Waals surface area (Å²) in [5.41, 5.74) is 0.832. The minimum atomic E-state index is -4.01. The van der Waals surface area contributed by atoms with E-state index in [9.17, 15) is 28.1 Å². The average molecular weight is 539 g/mol. The Morgan fingerprint density at radius 2 is 1.75 bits per heavy atom. The summed E-state index contributed by atoms with van der Waals surface area (Å²) in [5, 5.41) is 14.6. The molecule has 0 aliphatic heterocycles. The lowest BCUT2D eigenvalue weighted by atomic mass is 10.1. The van der Waals surface area contributed by atoms with Crippen molar-refractivity contribution in [1.82, 2.24) is 10.2 Å². The van der Waals surface area contributed by atoms with Crippen molar-refractivity contribution in [2.75, 3.05) is 17.1 Å². The van der Waals surface area contributed by atoms with Crippen LogP contribution >= 0.6 is 11.6 Å². The molecule has 2 aromatic rings. The Kier molecular flexibility index (Phi) is 9.83. The molecule has 2 unspecified atom stereocenters. The number of hydrogen-bond donors (Lipinski definition) is 1. The molecule has 0 aliphatic carbocycles. The van der Waals surface area contributed by atoms with Gasteiger partial charge in [0, 0.05) is 29.7 Å². The number of rotatable bonds is 11. The van der Waals surface area contributed by atoms with Crippen LogP contribution in [0.1, 0.15) is 38.3 Å². The summed E-state index contributed by atoms with van der Waals surface area (Å²) >= 11 is 5.97. The van der Waals surface area contributed by atoms with Crippen LogP contribution in [0.4, 0.5) is 11.4 Å². The van der Waals surface area contributed by atoms with Crippen LogP contribution in [0, 0.1) is 17.0 Å². The highest BCUT2D eigenvalue weighted by molar-refractivity contribution is 7.92. The lowest BCUT2D eigenvalue weighted by Gasteiger charge is -2.32. The van der Waals surface area contributed by atoms with E-state index in [0.29, 0.717) is 22.6 Å². The SMILES string of the molecule is CCC(C)NC(=O)C(C)N(Cc1ccc(Cl)cc1)C(=O)CN(c1cc([N+](=O)[O-])ccc1C)S(C)(=O)=O. The molecule has 0 saturated heterocycles. The Bertz CT molecular complexity index is 1220. The van der Waals surface area contributed by atoms with Crippen LogP contribution in [0.5, 0.6) is 0 Å². The normalized spacial score (nSPS) is 12.9. The van der Waals surface area contributed by atoms with Gasteiger partial charge in [-0.2, -0.15) is 0 Å². The van der Waals surface area contributed by atoms with Crippen LogP contribution in [0.3, 0.4) is 0 Å². The van der Waals surface area contributed by atoms with Gasteiger partial charge in [-0.05, 0) is 50.5 Å². The molecule has 2 rings (SSSR count). The van der Waals surface area contributed by atoms with Gasteiger partial charge in [0.05, 0.1) is 16.9 Å². The Morgan fingerprint density at radius 1 is 1.14 bits per heavy atom. The van der Waals surface area contributed by atoms with Crippen molar-refractivity contribution in [1.29, 1.82) is 0 Å². The van der Waals surface area contributed by atoms with E-state index >= 15 is 0 Å². The standard InChI is InChI=1S/C24H31ClN4O6S/c1-6-17(3)26-24(31)18(4)27(14-19-8-10-20(25)11-9-19)23(30)15-28(36(5,34)35)22-13-21(29(32)33)12-7-16(22)2/h7-13,17-18H,6,14-15H2,1-5H3,(H,26,31). The maximum atomic E-state index is 13.6.